The SMILES string of the molecule is CC[C@H](C)[C@H](NC(=O)CN(CCc1ccc(O)cc1)C(=O)[C@@H]1CCCN1C(=O)[C@H](CCCCN)NC(=O)CN(CCCCN)C(=O)[C@@H](N)Cc1cn([C@@H]2O[C@H](CO)[C@@H](O)[C@H](O)[C@H]2F)nn1)C(=O)N[C@@H](CC(C)C)C(=O)O. The maximum Gasteiger partial charge on any atom is 0.326 e. The first-order chi connectivity index (χ1) is 36.1. The number of nitrogens with one attached hydrogen (secondary N) is 3. The highest BCUT2D eigenvalue weighted by Gasteiger charge is 2.46. The molecular weight excluding hydrogens is 996 g/mol. The number of nitrogens with two attached hydrogens (primary N) is 3. The lowest BCUT2D eigenvalue weighted by atomic mass is 9.97. The molecule has 76 heavy (non-hydrogen) atoms. The van der Waals surface area contributed by atoms with Gasteiger partial charge in [-0.05, 0) is 100 Å². The molecule has 11 atom stereocenters. The van der Waals surface area contributed by atoms with Crippen LogP contribution in [0.4, 0.5) is 4.39 Å². The topological polar surface area (TPSA) is 384 Å². The van der Waals surface area contributed by atoms with E-state index in [9.17, 15) is 59.1 Å². The van der Waals surface area contributed by atoms with Crippen LogP contribution in [-0.2, 0) is 51.1 Å². The van der Waals surface area contributed by atoms with Crippen molar-refractivity contribution in [2.24, 2.45) is 29.0 Å². The normalized spacial score (nSPS) is 21.5. The number of hydrogen-bond acceptors (Lipinski definition) is 17. The Labute approximate surface area is 442 Å². The van der Waals surface area contributed by atoms with Crippen molar-refractivity contribution in [1.82, 2.24) is 45.6 Å². The average Bonchev–Trinajstić information content (AvgIpc) is 4.08. The van der Waals surface area contributed by atoms with Crippen molar-refractivity contribution in [1.29, 1.82) is 0 Å². The summed E-state index contributed by atoms with van der Waals surface area (Å²) >= 11 is 0. The van der Waals surface area contributed by atoms with Gasteiger partial charge in [0.2, 0.25) is 35.4 Å². The summed E-state index contributed by atoms with van der Waals surface area (Å²) in [5.74, 6) is -5.57. The molecule has 2 aliphatic rings. The second-order valence-corrected chi connectivity index (χ2v) is 20.2. The van der Waals surface area contributed by atoms with Crippen molar-refractivity contribution in [2.45, 2.75) is 159 Å². The minimum absolute atomic E-state index is 0.0103. The van der Waals surface area contributed by atoms with Crippen LogP contribution in [0.3, 0.4) is 0 Å². The van der Waals surface area contributed by atoms with E-state index < -0.39 is 128 Å². The van der Waals surface area contributed by atoms with Crippen LogP contribution in [0.15, 0.2) is 30.5 Å². The Hall–Kier alpha value is -5.90. The lowest BCUT2D eigenvalue weighted by Gasteiger charge is -2.38. The van der Waals surface area contributed by atoms with Crippen LogP contribution >= 0.6 is 0 Å². The van der Waals surface area contributed by atoms with E-state index in [0.717, 1.165) is 10.2 Å². The third-order valence-electron chi connectivity index (χ3n) is 13.7. The quantitative estimate of drug-likeness (QED) is 0.0371. The number of carboxylic acids is 1. The molecule has 3 heterocycles. The molecule has 14 N–H and O–H groups in total. The number of ether oxygens (including phenoxy) is 1. The van der Waals surface area contributed by atoms with Crippen molar-refractivity contribution in [3.05, 3.63) is 41.7 Å². The number of aliphatic hydroxyl groups is 3. The molecule has 2 aromatic rings. The smallest absolute Gasteiger partial charge is 0.326 e. The number of unbranched alkanes of at least 4 members (excludes halogenated alkanes) is 2. The summed E-state index contributed by atoms with van der Waals surface area (Å²) in [7, 11) is 0. The Kier molecular flexibility index (Phi) is 25.3. The molecular formula is C50H81FN12O13. The van der Waals surface area contributed by atoms with Gasteiger partial charge in [0.15, 0.2) is 12.4 Å². The lowest BCUT2D eigenvalue weighted by molar-refractivity contribution is -0.237. The molecule has 2 saturated heterocycles. The number of amides is 6. The van der Waals surface area contributed by atoms with Gasteiger partial charge in [0.05, 0.1) is 37.6 Å². The van der Waals surface area contributed by atoms with E-state index >= 15 is 4.39 Å². The molecule has 426 valence electrons. The van der Waals surface area contributed by atoms with Crippen LogP contribution in [0.25, 0.3) is 0 Å². The van der Waals surface area contributed by atoms with Crippen molar-refractivity contribution in [3.63, 3.8) is 0 Å². The summed E-state index contributed by atoms with van der Waals surface area (Å²) in [6, 6.07) is 0.429. The number of aromatic hydroxyl groups is 1. The van der Waals surface area contributed by atoms with Crippen LogP contribution < -0.4 is 33.2 Å². The first kappa shape index (κ1) is 62.6. The first-order valence-electron chi connectivity index (χ1n) is 26.2. The largest absolute Gasteiger partial charge is 0.508 e. The van der Waals surface area contributed by atoms with Crippen molar-refractivity contribution in [2.75, 3.05) is 52.4 Å². The maximum absolute atomic E-state index is 15.0. The van der Waals surface area contributed by atoms with Crippen LogP contribution in [0.1, 0.15) is 103 Å². The zero-order chi connectivity index (χ0) is 56.2. The summed E-state index contributed by atoms with van der Waals surface area (Å²) in [6.07, 6.45) is -4.21. The summed E-state index contributed by atoms with van der Waals surface area (Å²) < 4.78 is 21.4. The van der Waals surface area contributed by atoms with E-state index in [1.165, 1.54) is 33.0 Å². The number of phenolic OH excluding ortho intramolecular Hbond substituents is 1. The van der Waals surface area contributed by atoms with E-state index in [2.05, 4.69) is 26.3 Å². The molecule has 26 heteroatoms. The Morgan fingerprint density at radius 1 is 0.895 bits per heavy atom. The van der Waals surface area contributed by atoms with Gasteiger partial charge in [0.25, 0.3) is 0 Å². The molecule has 4 rings (SSSR count). The number of aliphatic carboxylic acids is 1. The number of halogens is 1. The predicted octanol–water partition coefficient (Wildman–Crippen LogP) is -1.81. The molecule has 2 aliphatic heterocycles. The molecule has 25 nitrogen and oxygen atoms in total. The number of benzene rings is 1. The molecule has 6 amide bonds. The average molecular weight is 1080 g/mol. The zero-order valence-corrected chi connectivity index (χ0v) is 44.0. The van der Waals surface area contributed by atoms with Gasteiger partial charge in [-0.25, -0.2) is 13.9 Å². The van der Waals surface area contributed by atoms with Crippen LogP contribution in [0, 0.1) is 11.8 Å². The number of carboxylic acid groups (broad SMARTS) is 1. The number of carbonyl (C=O) groups is 7. The summed E-state index contributed by atoms with van der Waals surface area (Å²) in [5, 5.41) is 65.4. The van der Waals surface area contributed by atoms with Crippen LogP contribution in [-0.4, -0.2) is 204 Å². The highest BCUT2D eigenvalue weighted by Crippen LogP contribution is 2.30. The molecule has 1 aromatic heterocycles. The van der Waals surface area contributed by atoms with Crippen molar-refractivity contribution >= 4 is 41.4 Å². The van der Waals surface area contributed by atoms with Gasteiger partial charge in [-0.15, -0.1) is 5.10 Å². The van der Waals surface area contributed by atoms with Gasteiger partial charge < -0.3 is 78.1 Å². The van der Waals surface area contributed by atoms with Gasteiger partial charge in [0, 0.05) is 26.1 Å². The number of phenols is 1. The van der Waals surface area contributed by atoms with Crippen LogP contribution in [0.2, 0.25) is 0 Å². The number of likely N-dealkylation sites (tertiary alicyclic amines) is 1. The molecule has 0 unspecified atom stereocenters. The Morgan fingerprint density at radius 3 is 2.18 bits per heavy atom. The van der Waals surface area contributed by atoms with Crippen molar-refractivity contribution < 1.29 is 68.2 Å². The molecule has 0 bridgehead atoms. The van der Waals surface area contributed by atoms with Gasteiger partial charge >= 0.3 is 5.97 Å². The fourth-order valence-electron chi connectivity index (χ4n) is 9.17. The molecule has 0 aliphatic carbocycles. The van der Waals surface area contributed by atoms with Crippen molar-refractivity contribution in [3.8, 4) is 5.75 Å². The minimum Gasteiger partial charge on any atom is -0.508 e. The molecule has 0 radical (unpaired) electrons. The van der Waals surface area contributed by atoms with Gasteiger partial charge in [0.1, 0.15) is 48.2 Å². The maximum atomic E-state index is 15.0. The van der Waals surface area contributed by atoms with E-state index in [4.69, 9.17) is 21.9 Å². The third kappa shape index (κ3) is 18.1. The Bertz CT molecular complexity index is 2210. The predicted molar refractivity (Wildman–Crippen MR) is 273 cm³/mol. The highest BCUT2D eigenvalue weighted by atomic mass is 19.1. The number of nitrogens with zero attached hydrogens (tertiary/aromatic N) is 6. The van der Waals surface area contributed by atoms with Gasteiger partial charge in [-0.2, -0.15) is 0 Å². The number of rotatable bonds is 31. The summed E-state index contributed by atoms with van der Waals surface area (Å²) in [5.41, 5.74) is 18.8. The molecule has 1 aromatic carbocycles. The van der Waals surface area contributed by atoms with Gasteiger partial charge in [-0.1, -0.05) is 51.5 Å². The number of aromatic nitrogens is 3. The first-order valence-corrected chi connectivity index (χ1v) is 26.2. The monoisotopic (exact) mass is 1080 g/mol. The zero-order valence-electron chi connectivity index (χ0n) is 44.0. The second-order valence-electron chi connectivity index (χ2n) is 20.2. The van der Waals surface area contributed by atoms with E-state index in [1.54, 1.807) is 19.1 Å². The Morgan fingerprint density at radius 2 is 1.55 bits per heavy atom. The number of alkyl halides is 1. The van der Waals surface area contributed by atoms with Crippen LogP contribution in [0.5, 0.6) is 5.75 Å². The fourth-order valence-corrected chi connectivity index (χ4v) is 9.17. The fraction of sp³-hybridized carbons (Fsp3) is 0.700. The summed E-state index contributed by atoms with van der Waals surface area (Å²) in [6.45, 7) is 6.19. The van der Waals surface area contributed by atoms with Gasteiger partial charge in [-0.3, -0.25) is 28.8 Å². The minimum atomic E-state index is -2.15. The second kappa shape index (κ2) is 30.7. The molecule has 0 saturated carbocycles. The standard InChI is InChI=1S/C50H81FN12O13/c1-5-30(4)42(45(70)56-36(50(74)75)23-29(2)3)57-40(67)27-61(22-17-31-13-15-33(65)16-14-31)48(73)37-12-10-21-62(37)47(72)35(11-6-7-18-52)55-39(66)26-60(20-9-8-19-53)46(71)34(54)24-32-25-63(59-58-32)49-41(51)44(69)43(68)38(28-64)76-49/h13-16,25,29-30,34-38,41-44,49,64-65,68-69H,5-12,17-24,26-28,52-54H2,1-4H3,(H,55,66)(H,56,70)(H,57,67)(H,74,75)/t30-,34-,35-,36-,37-,38+,41+,42-,43+,44+,49+/m0/s1. The van der Waals surface area contributed by atoms with E-state index in [-0.39, 0.29) is 69.1 Å². The Balaban J connectivity index is 1.53. The lowest BCUT2D eigenvalue weighted by Crippen LogP contribution is -2.58. The van der Waals surface area contributed by atoms with E-state index in [0.29, 0.717) is 51.6 Å². The molecule has 0 spiro atoms. The summed E-state index contributed by atoms with van der Waals surface area (Å²) in [4.78, 5) is 101. The number of hydrogen-bond donors (Lipinski definition) is 11. The molecule has 2 fully saturated rings. The van der Waals surface area contributed by atoms with E-state index in [1.807, 2.05) is 20.8 Å². The highest BCUT2D eigenvalue weighted by molar-refractivity contribution is 5.96. The number of carbonyl (C=O) groups excluding carboxylic acids is 6. The third-order valence-corrected chi connectivity index (χ3v) is 13.7. The number of aliphatic hydroxyl groups excluding tert-OH is 3.